The van der Waals surface area contributed by atoms with Crippen molar-refractivity contribution < 1.29 is 0 Å². The Kier molecular flexibility index (Phi) is 8.82. The van der Waals surface area contributed by atoms with Crippen molar-refractivity contribution in [2.75, 3.05) is 20.1 Å². The van der Waals surface area contributed by atoms with Crippen LogP contribution >= 0.6 is 0 Å². The molecule has 1 atom stereocenters. The van der Waals surface area contributed by atoms with Crippen LogP contribution in [0.4, 0.5) is 0 Å². The Morgan fingerprint density at radius 1 is 1.16 bits per heavy atom. The second-order valence-corrected chi connectivity index (χ2v) is 6.09. The zero-order valence-corrected chi connectivity index (χ0v) is 13.9. The molecule has 0 aromatic heterocycles. The highest BCUT2D eigenvalue weighted by molar-refractivity contribution is 5.11. The van der Waals surface area contributed by atoms with Crippen LogP contribution in [0.3, 0.4) is 0 Å². The summed E-state index contributed by atoms with van der Waals surface area (Å²) in [5, 5.41) is 3.39. The lowest BCUT2D eigenvalue weighted by Crippen LogP contribution is -2.41. The Balaban J connectivity index is 4.81. The van der Waals surface area contributed by atoms with Crippen molar-refractivity contribution in [1.29, 1.82) is 0 Å². The summed E-state index contributed by atoms with van der Waals surface area (Å²) in [7, 11) is 2.02. The maximum Gasteiger partial charge on any atom is 0.0486 e. The molecule has 0 amide bonds. The quantitative estimate of drug-likeness (QED) is 0.600. The molecular weight excluding hydrogens is 232 g/mol. The summed E-state index contributed by atoms with van der Waals surface area (Å²) in [6.45, 7) is 21.7. The molecule has 0 fully saturated rings. The molecule has 1 N–H and O–H groups in total. The molecule has 0 bridgehead atoms. The van der Waals surface area contributed by atoms with Gasteiger partial charge in [0.05, 0.1) is 0 Å². The fraction of sp³-hybridized carbons (Fsp3) is 0.765. The maximum atomic E-state index is 4.34. The van der Waals surface area contributed by atoms with Crippen molar-refractivity contribution in [1.82, 2.24) is 10.2 Å². The number of unbranched alkanes of at least 4 members (excludes halogenated alkanes) is 1. The Morgan fingerprint density at radius 2 is 1.74 bits per heavy atom. The van der Waals surface area contributed by atoms with Gasteiger partial charge in [0.15, 0.2) is 0 Å². The second-order valence-electron chi connectivity index (χ2n) is 6.09. The molecule has 0 heterocycles. The van der Waals surface area contributed by atoms with Crippen LogP contribution in [0.15, 0.2) is 24.4 Å². The highest BCUT2D eigenvalue weighted by Crippen LogP contribution is 2.19. The van der Waals surface area contributed by atoms with Crippen molar-refractivity contribution in [2.45, 2.75) is 53.5 Å². The van der Waals surface area contributed by atoms with E-state index in [-0.39, 0.29) is 0 Å². The van der Waals surface area contributed by atoms with Gasteiger partial charge < -0.3 is 10.2 Å². The molecule has 19 heavy (non-hydrogen) atoms. The lowest BCUT2D eigenvalue weighted by Gasteiger charge is -2.34. The fourth-order valence-electron chi connectivity index (χ4n) is 2.18. The number of likely N-dealkylation sites (N-methyl/N-ethyl adjacent to an activating group) is 1. The summed E-state index contributed by atoms with van der Waals surface area (Å²) in [6.07, 6.45) is 2.42. The summed E-state index contributed by atoms with van der Waals surface area (Å²) < 4.78 is 0. The van der Waals surface area contributed by atoms with Crippen molar-refractivity contribution in [3.05, 3.63) is 24.4 Å². The molecule has 0 aliphatic carbocycles. The molecular formula is C17H34N2. The van der Waals surface area contributed by atoms with Crippen LogP contribution in [0.5, 0.6) is 0 Å². The summed E-state index contributed by atoms with van der Waals surface area (Å²) >= 11 is 0. The van der Waals surface area contributed by atoms with Crippen LogP contribution in [0.1, 0.15) is 47.5 Å². The van der Waals surface area contributed by atoms with Gasteiger partial charge >= 0.3 is 0 Å². The number of hydrogen-bond acceptors (Lipinski definition) is 2. The third-order valence-electron chi connectivity index (χ3n) is 3.73. The first kappa shape index (κ1) is 18.2. The van der Waals surface area contributed by atoms with Gasteiger partial charge in [0.25, 0.3) is 0 Å². The van der Waals surface area contributed by atoms with Crippen LogP contribution in [0, 0.1) is 11.8 Å². The molecule has 0 aliphatic heterocycles. The van der Waals surface area contributed by atoms with E-state index >= 15 is 0 Å². The van der Waals surface area contributed by atoms with Gasteiger partial charge in [-0.2, -0.15) is 0 Å². The second kappa shape index (κ2) is 9.19. The van der Waals surface area contributed by atoms with E-state index < -0.39 is 0 Å². The normalized spacial score (nSPS) is 12.8. The molecule has 2 heteroatoms. The summed E-state index contributed by atoms with van der Waals surface area (Å²) in [5.74, 6) is 1.08. The Hall–Kier alpha value is -0.760. The lowest BCUT2D eigenvalue weighted by atomic mass is 9.99. The molecule has 0 spiro atoms. The monoisotopic (exact) mass is 266 g/mol. The van der Waals surface area contributed by atoms with E-state index in [9.17, 15) is 0 Å². The molecule has 2 nitrogen and oxygen atoms in total. The van der Waals surface area contributed by atoms with Crippen LogP contribution in [-0.2, 0) is 0 Å². The van der Waals surface area contributed by atoms with E-state index in [1.54, 1.807) is 0 Å². The number of nitrogens with one attached hydrogen (secondary N) is 1. The predicted molar refractivity (Wildman–Crippen MR) is 87.3 cm³/mol. The number of nitrogens with zero attached hydrogens (tertiary/aromatic N) is 1. The fourth-order valence-corrected chi connectivity index (χ4v) is 2.18. The first-order valence-corrected chi connectivity index (χ1v) is 7.63. The van der Waals surface area contributed by atoms with Gasteiger partial charge in [-0.1, -0.05) is 59.8 Å². The van der Waals surface area contributed by atoms with Crippen LogP contribution in [0.25, 0.3) is 0 Å². The minimum Gasteiger partial charge on any atom is -0.370 e. The third-order valence-corrected chi connectivity index (χ3v) is 3.73. The number of hydrogen-bond donors (Lipinski definition) is 1. The van der Waals surface area contributed by atoms with Crippen molar-refractivity contribution in [2.24, 2.45) is 11.8 Å². The Bertz CT molecular complexity index is 279. The van der Waals surface area contributed by atoms with Gasteiger partial charge in [-0.3, -0.25) is 0 Å². The highest BCUT2D eigenvalue weighted by Gasteiger charge is 2.20. The number of rotatable bonds is 10. The molecule has 0 saturated heterocycles. The highest BCUT2D eigenvalue weighted by atomic mass is 15.2. The summed E-state index contributed by atoms with van der Waals surface area (Å²) in [5.41, 5.74) is 2.49. The van der Waals surface area contributed by atoms with E-state index in [2.05, 4.69) is 58.0 Å². The van der Waals surface area contributed by atoms with E-state index in [0.717, 1.165) is 13.1 Å². The van der Waals surface area contributed by atoms with Gasteiger partial charge in [0, 0.05) is 24.8 Å². The predicted octanol–water partition coefficient (Wildman–Crippen LogP) is 4.06. The van der Waals surface area contributed by atoms with Gasteiger partial charge in [-0.05, 0) is 25.3 Å². The first-order valence-electron chi connectivity index (χ1n) is 7.63. The molecule has 0 radical (unpaired) electrons. The molecule has 0 saturated carbocycles. The zero-order chi connectivity index (χ0) is 15.0. The molecule has 1 unspecified atom stereocenters. The van der Waals surface area contributed by atoms with Gasteiger partial charge in [0.2, 0.25) is 0 Å². The van der Waals surface area contributed by atoms with E-state index in [0.29, 0.717) is 17.9 Å². The summed E-state index contributed by atoms with van der Waals surface area (Å²) in [4.78, 5) is 2.41. The summed E-state index contributed by atoms with van der Waals surface area (Å²) in [6, 6.07) is 0.344. The lowest BCUT2D eigenvalue weighted by molar-refractivity contribution is 0.299. The maximum absolute atomic E-state index is 4.34. The third kappa shape index (κ3) is 6.29. The van der Waals surface area contributed by atoms with Gasteiger partial charge in [-0.25, -0.2) is 0 Å². The Morgan fingerprint density at radius 3 is 2.11 bits per heavy atom. The minimum absolute atomic E-state index is 0.344. The van der Waals surface area contributed by atoms with E-state index in [4.69, 9.17) is 0 Å². The molecule has 0 rings (SSSR count). The minimum atomic E-state index is 0.344. The standard InChI is InChI=1S/C17H34N2/c1-9-10-11-19(12-15(6)13(2)3)16(7)17(18-8)14(4)5/h13-14,17-18H,6-7,9-12H2,1-5,8H3. The zero-order valence-electron chi connectivity index (χ0n) is 13.9. The molecule has 112 valence electrons. The van der Waals surface area contributed by atoms with Crippen LogP contribution < -0.4 is 5.32 Å². The molecule has 0 aromatic rings. The SMILES string of the molecule is C=C(CN(CCCC)C(=C)C(NC)C(C)C)C(C)C. The van der Waals surface area contributed by atoms with Crippen LogP contribution in [-0.4, -0.2) is 31.1 Å². The smallest absolute Gasteiger partial charge is 0.0486 e. The first-order chi connectivity index (χ1) is 8.84. The topological polar surface area (TPSA) is 15.3 Å². The largest absolute Gasteiger partial charge is 0.370 e. The molecule has 0 aliphatic rings. The molecule has 0 aromatic carbocycles. The average molecular weight is 266 g/mol. The van der Waals surface area contributed by atoms with Crippen molar-refractivity contribution >= 4 is 0 Å². The average Bonchev–Trinajstić information content (AvgIpc) is 2.34. The van der Waals surface area contributed by atoms with Crippen molar-refractivity contribution in [3.63, 3.8) is 0 Å². The van der Waals surface area contributed by atoms with Gasteiger partial charge in [0.1, 0.15) is 0 Å². The Labute approximate surface area is 121 Å². The van der Waals surface area contributed by atoms with E-state index in [1.165, 1.54) is 24.1 Å². The van der Waals surface area contributed by atoms with Gasteiger partial charge in [-0.15, -0.1) is 0 Å². The van der Waals surface area contributed by atoms with Crippen molar-refractivity contribution in [3.8, 4) is 0 Å². The van der Waals surface area contributed by atoms with E-state index in [1.807, 2.05) is 7.05 Å². The van der Waals surface area contributed by atoms with Crippen LogP contribution in [0.2, 0.25) is 0 Å².